The van der Waals surface area contributed by atoms with Crippen LogP contribution in [0.4, 0.5) is 0 Å². The number of nitrogens with two attached hydrogens (primary N) is 1. The van der Waals surface area contributed by atoms with Crippen LogP contribution in [0.25, 0.3) is 0 Å². The first-order chi connectivity index (χ1) is 7.70. The first-order valence-electron chi connectivity index (χ1n) is 5.55. The van der Waals surface area contributed by atoms with E-state index in [-0.39, 0.29) is 6.10 Å². The van der Waals surface area contributed by atoms with Crippen molar-refractivity contribution in [1.82, 2.24) is 0 Å². The highest BCUT2D eigenvalue weighted by Crippen LogP contribution is 2.35. The summed E-state index contributed by atoms with van der Waals surface area (Å²) in [7, 11) is 0. The summed E-state index contributed by atoms with van der Waals surface area (Å²) in [5.74, 6) is 0.709. The van der Waals surface area contributed by atoms with Gasteiger partial charge < -0.3 is 10.5 Å². The van der Waals surface area contributed by atoms with Crippen molar-refractivity contribution in [3.63, 3.8) is 0 Å². The molecule has 0 bridgehead atoms. The Kier molecular flexibility index (Phi) is 3.95. The molecule has 1 fully saturated rings. The average molecular weight is 260 g/mol. The van der Waals surface area contributed by atoms with E-state index in [1.165, 1.54) is 12.8 Å². The van der Waals surface area contributed by atoms with Crippen molar-refractivity contribution in [2.24, 2.45) is 5.73 Å². The fourth-order valence-electron chi connectivity index (χ4n) is 2.07. The molecule has 1 saturated carbocycles. The normalized spacial score (nSPS) is 16.7. The number of benzene rings is 1. The van der Waals surface area contributed by atoms with Gasteiger partial charge in [0.25, 0.3) is 0 Å². The summed E-state index contributed by atoms with van der Waals surface area (Å²) in [6.07, 6.45) is 4.94. The fraction of sp³-hybridized carbons (Fsp3) is 0.500. The zero-order valence-corrected chi connectivity index (χ0v) is 10.5. The maximum absolute atomic E-state index is 6.13. The van der Waals surface area contributed by atoms with Crippen LogP contribution in [0.2, 0.25) is 10.0 Å². The van der Waals surface area contributed by atoms with E-state index < -0.39 is 0 Å². The second-order valence-electron chi connectivity index (χ2n) is 4.10. The van der Waals surface area contributed by atoms with Gasteiger partial charge in [-0.3, -0.25) is 0 Å². The van der Waals surface area contributed by atoms with Gasteiger partial charge >= 0.3 is 0 Å². The minimum atomic E-state index is 0.281. The van der Waals surface area contributed by atoms with E-state index in [1.54, 1.807) is 6.07 Å². The van der Waals surface area contributed by atoms with Crippen molar-refractivity contribution in [2.75, 3.05) is 0 Å². The van der Waals surface area contributed by atoms with E-state index >= 15 is 0 Å². The van der Waals surface area contributed by atoms with Gasteiger partial charge in [-0.15, -0.1) is 0 Å². The quantitative estimate of drug-likeness (QED) is 0.897. The van der Waals surface area contributed by atoms with Crippen molar-refractivity contribution in [3.05, 3.63) is 27.7 Å². The summed E-state index contributed by atoms with van der Waals surface area (Å²) in [6, 6.07) is 3.52. The van der Waals surface area contributed by atoms with Crippen molar-refractivity contribution in [1.29, 1.82) is 0 Å². The van der Waals surface area contributed by atoms with Gasteiger partial charge in [-0.25, -0.2) is 0 Å². The molecular formula is C12H15Cl2NO. The molecule has 0 atom stereocenters. The van der Waals surface area contributed by atoms with Gasteiger partial charge in [0.2, 0.25) is 0 Å². The Morgan fingerprint density at radius 2 is 1.94 bits per heavy atom. The standard InChI is InChI=1S/C12H15Cl2NO/c13-9-5-8(7-15)12(11(14)6-9)16-10-3-1-2-4-10/h5-6,10H,1-4,7,15H2. The maximum Gasteiger partial charge on any atom is 0.142 e. The van der Waals surface area contributed by atoms with Gasteiger partial charge in [0.05, 0.1) is 11.1 Å². The number of halogens is 2. The largest absolute Gasteiger partial charge is 0.489 e. The molecule has 1 aliphatic rings. The Morgan fingerprint density at radius 3 is 2.56 bits per heavy atom. The lowest BCUT2D eigenvalue weighted by Crippen LogP contribution is -2.13. The van der Waals surface area contributed by atoms with Gasteiger partial charge in [0.1, 0.15) is 5.75 Å². The molecule has 2 rings (SSSR count). The minimum Gasteiger partial charge on any atom is -0.489 e. The first-order valence-corrected chi connectivity index (χ1v) is 6.31. The Morgan fingerprint density at radius 1 is 1.25 bits per heavy atom. The molecule has 0 unspecified atom stereocenters. The highest BCUT2D eigenvalue weighted by molar-refractivity contribution is 6.35. The van der Waals surface area contributed by atoms with E-state index in [0.29, 0.717) is 22.3 Å². The second-order valence-corrected chi connectivity index (χ2v) is 4.95. The third-order valence-corrected chi connectivity index (χ3v) is 3.39. The summed E-state index contributed by atoms with van der Waals surface area (Å²) < 4.78 is 5.91. The van der Waals surface area contributed by atoms with Crippen molar-refractivity contribution < 1.29 is 4.74 Å². The summed E-state index contributed by atoms with van der Waals surface area (Å²) in [4.78, 5) is 0. The van der Waals surface area contributed by atoms with E-state index in [9.17, 15) is 0 Å². The topological polar surface area (TPSA) is 35.2 Å². The van der Waals surface area contributed by atoms with Crippen LogP contribution in [0, 0.1) is 0 Å². The first kappa shape index (κ1) is 12.0. The van der Waals surface area contributed by atoms with Gasteiger partial charge in [-0.2, -0.15) is 0 Å². The van der Waals surface area contributed by atoms with Crippen LogP contribution in [-0.4, -0.2) is 6.10 Å². The molecule has 0 radical (unpaired) electrons. The van der Waals surface area contributed by atoms with Gasteiger partial charge in [-0.05, 0) is 37.8 Å². The summed E-state index contributed by atoms with van der Waals surface area (Å²) >= 11 is 12.0. The highest BCUT2D eigenvalue weighted by atomic mass is 35.5. The van der Waals surface area contributed by atoms with Crippen molar-refractivity contribution >= 4 is 23.2 Å². The number of ether oxygens (including phenoxy) is 1. The van der Waals surface area contributed by atoms with Gasteiger partial charge in [0.15, 0.2) is 0 Å². The van der Waals surface area contributed by atoms with Crippen LogP contribution >= 0.6 is 23.2 Å². The monoisotopic (exact) mass is 259 g/mol. The van der Waals surface area contributed by atoms with Crippen LogP contribution in [0.3, 0.4) is 0 Å². The molecule has 0 saturated heterocycles. The van der Waals surface area contributed by atoms with Crippen LogP contribution in [-0.2, 0) is 6.54 Å². The summed E-state index contributed by atoms with van der Waals surface area (Å²) in [5.41, 5.74) is 6.54. The van der Waals surface area contributed by atoms with Crippen LogP contribution < -0.4 is 10.5 Å². The molecule has 0 aromatic heterocycles. The predicted molar refractivity (Wildman–Crippen MR) is 67.2 cm³/mol. The maximum atomic E-state index is 6.13. The van der Waals surface area contributed by atoms with Crippen molar-refractivity contribution in [3.8, 4) is 5.75 Å². The molecule has 0 amide bonds. The Balaban J connectivity index is 2.23. The minimum absolute atomic E-state index is 0.281. The molecule has 4 heteroatoms. The number of rotatable bonds is 3. The third-order valence-electron chi connectivity index (χ3n) is 2.89. The molecule has 1 aromatic carbocycles. The van der Waals surface area contributed by atoms with Crippen molar-refractivity contribution in [2.45, 2.75) is 38.3 Å². The lowest BCUT2D eigenvalue weighted by Gasteiger charge is -2.17. The Bertz CT molecular complexity index is 376. The van der Waals surface area contributed by atoms with E-state index in [0.717, 1.165) is 18.4 Å². The number of hydrogen-bond acceptors (Lipinski definition) is 2. The Hall–Kier alpha value is -0.440. The molecule has 0 aliphatic heterocycles. The average Bonchev–Trinajstić information content (AvgIpc) is 2.74. The molecule has 88 valence electrons. The lowest BCUT2D eigenvalue weighted by molar-refractivity contribution is 0.208. The summed E-state index contributed by atoms with van der Waals surface area (Å²) in [5, 5.41) is 1.16. The van der Waals surface area contributed by atoms with Gasteiger partial charge in [-0.1, -0.05) is 23.2 Å². The zero-order valence-electron chi connectivity index (χ0n) is 9.01. The molecule has 1 aliphatic carbocycles. The van der Waals surface area contributed by atoms with Crippen LogP contribution in [0.15, 0.2) is 12.1 Å². The van der Waals surface area contributed by atoms with E-state index in [2.05, 4.69) is 0 Å². The molecule has 1 aromatic rings. The SMILES string of the molecule is NCc1cc(Cl)cc(Cl)c1OC1CCCC1. The second kappa shape index (κ2) is 5.26. The van der Waals surface area contributed by atoms with Crippen LogP contribution in [0.5, 0.6) is 5.75 Å². The fourth-order valence-corrected chi connectivity index (χ4v) is 2.65. The van der Waals surface area contributed by atoms with Crippen LogP contribution in [0.1, 0.15) is 31.2 Å². The molecule has 2 N–H and O–H groups in total. The van der Waals surface area contributed by atoms with E-state index in [1.807, 2.05) is 6.07 Å². The van der Waals surface area contributed by atoms with E-state index in [4.69, 9.17) is 33.7 Å². The summed E-state index contributed by atoms with van der Waals surface area (Å²) in [6.45, 7) is 0.391. The highest BCUT2D eigenvalue weighted by Gasteiger charge is 2.19. The smallest absolute Gasteiger partial charge is 0.142 e. The third kappa shape index (κ3) is 2.62. The molecular weight excluding hydrogens is 245 g/mol. The predicted octanol–water partition coefficient (Wildman–Crippen LogP) is 3.77. The zero-order chi connectivity index (χ0) is 11.5. The molecule has 0 heterocycles. The molecule has 16 heavy (non-hydrogen) atoms. The van der Waals surface area contributed by atoms with Gasteiger partial charge in [0, 0.05) is 17.1 Å². The Labute approximate surface area is 106 Å². The molecule has 2 nitrogen and oxygen atoms in total. The number of hydrogen-bond donors (Lipinski definition) is 1. The molecule has 0 spiro atoms. The lowest BCUT2D eigenvalue weighted by atomic mass is 10.2.